The van der Waals surface area contributed by atoms with Crippen LogP contribution in [0.2, 0.25) is 24.7 Å². The van der Waals surface area contributed by atoms with Gasteiger partial charge in [-0.2, -0.15) is 0 Å². The van der Waals surface area contributed by atoms with Crippen molar-refractivity contribution >= 4 is 19.9 Å². The summed E-state index contributed by atoms with van der Waals surface area (Å²) in [4.78, 5) is 0. The molecule has 114 valence electrons. The predicted molar refractivity (Wildman–Crippen MR) is 92.8 cm³/mol. The predicted octanol–water partition coefficient (Wildman–Crippen LogP) is 6.15. The van der Waals surface area contributed by atoms with Gasteiger partial charge in [0.05, 0.1) is 5.02 Å². The van der Waals surface area contributed by atoms with Gasteiger partial charge in [0.25, 0.3) is 0 Å². The number of halogens is 1. The van der Waals surface area contributed by atoms with Crippen molar-refractivity contribution in [2.24, 2.45) is 0 Å². The molecule has 1 aromatic carbocycles. The Hall–Kier alpha value is -0.473. The third-order valence-electron chi connectivity index (χ3n) is 3.13. The van der Waals surface area contributed by atoms with Gasteiger partial charge in [0.15, 0.2) is 0 Å². The van der Waals surface area contributed by atoms with Crippen LogP contribution in [0.1, 0.15) is 52.7 Å². The third-order valence-corrected chi connectivity index (χ3v) is 4.22. The van der Waals surface area contributed by atoms with Crippen LogP contribution in [0.4, 0.5) is 0 Å². The Morgan fingerprint density at radius 1 is 0.900 bits per heavy atom. The van der Waals surface area contributed by atoms with E-state index in [-0.39, 0.29) is 10.8 Å². The van der Waals surface area contributed by atoms with Crippen molar-refractivity contribution in [1.29, 1.82) is 0 Å². The van der Waals surface area contributed by atoms with Crippen molar-refractivity contribution in [3.05, 3.63) is 28.3 Å². The fraction of sp³-hybridized carbons (Fsp3) is 0.647. The van der Waals surface area contributed by atoms with Gasteiger partial charge in [0.1, 0.15) is 5.75 Å². The lowest BCUT2D eigenvalue weighted by atomic mass is 9.80. The van der Waals surface area contributed by atoms with E-state index in [1.807, 2.05) is 0 Å². The monoisotopic (exact) mass is 312 g/mol. The smallest absolute Gasteiger partial charge is 0.242 e. The second-order valence-electron chi connectivity index (χ2n) is 8.55. The van der Waals surface area contributed by atoms with Crippen molar-refractivity contribution in [3.63, 3.8) is 0 Å². The average Bonchev–Trinajstić information content (AvgIpc) is 2.15. The van der Waals surface area contributed by atoms with Gasteiger partial charge < -0.3 is 4.43 Å². The molecular weight excluding hydrogens is 284 g/mol. The quantitative estimate of drug-likeness (QED) is 0.595. The van der Waals surface area contributed by atoms with E-state index in [9.17, 15) is 0 Å². The molecule has 1 aromatic rings. The normalized spacial score (nSPS) is 13.5. The van der Waals surface area contributed by atoms with Crippen LogP contribution in [0.3, 0.4) is 0 Å². The lowest BCUT2D eigenvalue weighted by molar-refractivity contribution is 0.503. The molecule has 0 heterocycles. The Bertz CT molecular complexity index is 487. The summed E-state index contributed by atoms with van der Waals surface area (Å²) < 4.78 is 6.26. The molecular formula is C17H29ClOSi. The molecule has 0 bridgehead atoms. The molecule has 1 nitrogen and oxygen atoms in total. The molecule has 3 heteroatoms. The lowest BCUT2D eigenvalue weighted by Gasteiger charge is -2.31. The summed E-state index contributed by atoms with van der Waals surface area (Å²) in [5.74, 6) is 0.881. The maximum absolute atomic E-state index is 6.55. The molecule has 0 saturated carbocycles. The van der Waals surface area contributed by atoms with Crippen LogP contribution in [0.15, 0.2) is 12.1 Å². The molecule has 0 aliphatic rings. The molecule has 1 rings (SSSR count). The van der Waals surface area contributed by atoms with Crippen molar-refractivity contribution < 1.29 is 4.43 Å². The van der Waals surface area contributed by atoms with Gasteiger partial charge in [0.2, 0.25) is 8.32 Å². The molecule has 0 saturated heterocycles. The zero-order valence-corrected chi connectivity index (χ0v) is 16.2. The molecule has 0 amide bonds. The zero-order chi connectivity index (χ0) is 15.9. The molecule has 0 N–H and O–H groups in total. The highest BCUT2D eigenvalue weighted by Crippen LogP contribution is 2.41. The van der Waals surface area contributed by atoms with Crippen molar-refractivity contribution in [3.8, 4) is 5.75 Å². The highest BCUT2D eigenvalue weighted by Gasteiger charge is 2.28. The van der Waals surface area contributed by atoms with Crippen molar-refractivity contribution in [2.45, 2.75) is 72.0 Å². The van der Waals surface area contributed by atoms with Crippen molar-refractivity contribution in [2.75, 3.05) is 0 Å². The Labute approximate surface area is 130 Å². The molecule has 0 radical (unpaired) electrons. The van der Waals surface area contributed by atoms with E-state index in [1.165, 1.54) is 11.1 Å². The van der Waals surface area contributed by atoms with Crippen LogP contribution in [0.5, 0.6) is 5.75 Å². The Kier molecular flexibility index (Phi) is 4.73. The number of hydrogen-bond donors (Lipinski definition) is 0. The highest BCUT2D eigenvalue weighted by atomic mass is 35.5. The van der Waals surface area contributed by atoms with Crippen LogP contribution >= 0.6 is 11.6 Å². The van der Waals surface area contributed by atoms with Crippen LogP contribution < -0.4 is 4.43 Å². The molecule has 0 aliphatic heterocycles. The topological polar surface area (TPSA) is 9.23 Å². The molecule has 0 atom stereocenters. The van der Waals surface area contributed by atoms with E-state index in [2.05, 4.69) is 73.3 Å². The maximum atomic E-state index is 6.55. The molecule has 0 spiro atoms. The first kappa shape index (κ1) is 17.6. The van der Waals surface area contributed by atoms with E-state index in [1.54, 1.807) is 0 Å². The van der Waals surface area contributed by atoms with Gasteiger partial charge in [-0.3, -0.25) is 0 Å². The summed E-state index contributed by atoms with van der Waals surface area (Å²) in [7, 11) is -1.69. The fourth-order valence-electron chi connectivity index (χ4n) is 1.99. The molecule has 20 heavy (non-hydrogen) atoms. The number of rotatable bonds is 2. The zero-order valence-electron chi connectivity index (χ0n) is 14.4. The summed E-state index contributed by atoms with van der Waals surface area (Å²) >= 11 is 6.55. The molecule has 0 unspecified atom stereocenters. The van der Waals surface area contributed by atoms with Gasteiger partial charge in [-0.25, -0.2) is 0 Å². The Morgan fingerprint density at radius 3 is 1.75 bits per heavy atom. The minimum Gasteiger partial charge on any atom is -0.543 e. The molecule has 0 aliphatic carbocycles. The van der Waals surface area contributed by atoms with Gasteiger partial charge in [-0.05, 0) is 47.7 Å². The van der Waals surface area contributed by atoms with E-state index < -0.39 is 8.32 Å². The fourth-order valence-corrected chi connectivity index (χ4v) is 3.15. The van der Waals surface area contributed by atoms with E-state index >= 15 is 0 Å². The second kappa shape index (κ2) is 5.38. The second-order valence-corrected chi connectivity index (χ2v) is 13.4. The van der Waals surface area contributed by atoms with Gasteiger partial charge in [0, 0.05) is 0 Å². The van der Waals surface area contributed by atoms with E-state index in [0.29, 0.717) is 0 Å². The maximum Gasteiger partial charge on any atom is 0.242 e. The first-order valence-electron chi connectivity index (χ1n) is 7.25. The minimum atomic E-state index is -1.69. The third kappa shape index (κ3) is 4.52. The van der Waals surface area contributed by atoms with Gasteiger partial charge >= 0.3 is 0 Å². The Morgan fingerprint density at radius 2 is 1.40 bits per heavy atom. The summed E-state index contributed by atoms with van der Waals surface area (Å²) in [5, 5.41) is 0.741. The van der Waals surface area contributed by atoms with Crippen molar-refractivity contribution in [1.82, 2.24) is 0 Å². The minimum absolute atomic E-state index is 0.0138. The average molecular weight is 313 g/mol. The SMILES string of the molecule is CC(C)(C)c1cc(Cl)c(O[Si](C)(C)C)c(C(C)(C)C)c1. The van der Waals surface area contributed by atoms with Crippen LogP contribution in [0.25, 0.3) is 0 Å². The Balaban J connectivity index is 3.52. The number of hydrogen-bond acceptors (Lipinski definition) is 1. The standard InChI is InChI=1S/C17H29ClOSi/c1-16(2,3)12-10-13(17(4,5)6)15(14(18)11-12)19-20(7,8)9/h10-11H,1-9H3. The summed E-state index contributed by atoms with van der Waals surface area (Å²) in [6, 6.07) is 4.33. The van der Waals surface area contributed by atoms with E-state index in [4.69, 9.17) is 16.0 Å². The van der Waals surface area contributed by atoms with Crippen LogP contribution in [0, 0.1) is 0 Å². The van der Waals surface area contributed by atoms with Crippen LogP contribution in [-0.4, -0.2) is 8.32 Å². The molecule has 0 fully saturated rings. The number of benzene rings is 1. The summed E-state index contributed by atoms with van der Waals surface area (Å²) in [6.07, 6.45) is 0. The van der Waals surface area contributed by atoms with E-state index in [0.717, 1.165) is 10.8 Å². The van der Waals surface area contributed by atoms with Crippen LogP contribution in [-0.2, 0) is 10.8 Å². The first-order valence-corrected chi connectivity index (χ1v) is 11.0. The largest absolute Gasteiger partial charge is 0.543 e. The van der Waals surface area contributed by atoms with Gasteiger partial charge in [-0.1, -0.05) is 59.2 Å². The lowest BCUT2D eigenvalue weighted by Crippen LogP contribution is -2.31. The molecule has 0 aromatic heterocycles. The summed E-state index contributed by atoms with van der Waals surface area (Å²) in [5.41, 5.74) is 2.56. The highest BCUT2D eigenvalue weighted by molar-refractivity contribution is 6.70. The first-order chi connectivity index (χ1) is 8.72. The summed E-state index contributed by atoms with van der Waals surface area (Å²) in [6.45, 7) is 19.8. The van der Waals surface area contributed by atoms with Gasteiger partial charge in [-0.15, -0.1) is 0 Å².